The summed E-state index contributed by atoms with van der Waals surface area (Å²) >= 11 is 0. The molecule has 4 aromatic rings. The molecule has 0 atom stereocenters. The van der Waals surface area contributed by atoms with Gasteiger partial charge in [0.15, 0.2) is 0 Å². The van der Waals surface area contributed by atoms with Crippen LogP contribution in [0.3, 0.4) is 0 Å². The fourth-order valence-electron chi connectivity index (χ4n) is 2.94. The average Bonchev–Trinajstić information content (AvgIpc) is 3.23. The topological polar surface area (TPSA) is 106 Å². The molecule has 2 aromatic heterocycles. The summed E-state index contributed by atoms with van der Waals surface area (Å²) in [5.74, 6) is 0. The van der Waals surface area contributed by atoms with E-state index in [-0.39, 0.29) is 0 Å². The second kappa shape index (κ2) is 7.71. The zero-order valence-electron chi connectivity index (χ0n) is 15.1. The van der Waals surface area contributed by atoms with Crippen LogP contribution >= 0.6 is 0 Å². The van der Waals surface area contributed by atoms with Crippen molar-refractivity contribution in [1.82, 2.24) is 19.7 Å². The van der Waals surface area contributed by atoms with E-state index in [4.69, 9.17) is 11.1 Å². The highest BCUT2D eigenvalue weighted by Crippen LogP contribution is 2.24. The van der Waals surface area contributed by atoms with Crippen LogP contribution in [0, 0.1) is 5.41 Å². The molecule has 0 aliphatic carbocycles. The number of aromatic nitrogens is 4. The second-order valence-electron chi connectivity index (χ2n) is 6.33. The van der Waals surface area contributed by atoms with Crippen molar-refractivity contribution in [2.24, 2.45) is 0 Å². The summed E-state index contributed by atoms with van der Waals surface area (Å²) in [6, 6.07) is 17.3. The Kier molecular flexibility index (Phi) is 4.79. The summed E-state index contributed by atoms with van der Waals surface area (Å²) in [7, 11) is 0. The standard InChI is InChI=1S/C21H19N7/c22-20-5-4-18(11-19(20)21(23)16-6-8-24-9-7-16)27-17-3-1-2-15(10-17)12-28-14-25-13-26-28/h1-11,13-14,23,27H,12,22H2. The molecule has 4 rings (SSSR count). The van der Waals surface area contributed by atoms with E-state index in [2.05, 4.69) is 26.4 Å². The normalized spacial score (nSPS) is 10.6. The molecular formula is C21H19N7. The Morgan fingerprint density at radius 1 is 1.00 bits per heavy atom. The molecule has 138 valence electrons. The van der Waals surface area contributed by atoms with E-state index in [1.54, 1.807) is 35.5 Å². The van der Waals surface area contributed by atoms with Crippen LogP contribution in [0.15, 0.2) is 79.6 Å². The minimum atomic E-state index is 0.364. The molecule has 0 spiro atoms. The smallest absolute Gasteiger partial charge is 0.137 e. The number of nitrogens with zero attached hydrogens (tertiary/aromatic N) is 4. The summed E-state index contributed by atoms with van der Waals surface area (Å²) < 4.78 is 1.77. The minimum Gasteiger partial charge on any atom is -0.398 e. The molecular weight excluding hydrogens is 350 g/mol. The molecule has 0 bridgehead atoms. The van der Waals surface area contributed by atoms with Gasteiger partial charge in [0.25, 0.3) is 0 Å². The Labute approximate surface area is 162 Å². The van der Waals surface area contributed by atoms with Crippen LogP contribution in [0.1, 0.15) is 16.7 Å². The third-order valence-electron chi connectivity index (χ3n) is 4.32. The van der Waals surface area contributed by atoms with Crippen molar-refractivity contribution in [3.8, 4) is 0 Å². The molecule has 0 fully saturated rings. The lowest BCUT2D eigenvalue weighted by molar-refractivity contribution is 0.685. The van der Waals surface area contributed by atoms with E-state index in [0.717, 1.165) is 22.5 Å². The summed E-state index contributed by atoms with van der Waals surface area (Å²) in [4.78, 5) is 7.97. The van der Waals surface area contributed by atoms with E-state index < -0.39 is 0 Å². The van der Waals surface area contributed by atoms with Gasteiger partial charge >= 0.3 is 0 Å². The maximum Gasteiger partial charge on any atom is 0.137 e. The first-order chi connectivity index (χ1) is 13.7. The van der Waals surface area contributed by atoms with Crippen molar-refractivity contribution in [1.29, 1.82) is 5.41 Å². The Morgan fingerprint density at radius 3 is 2.61 bits per heavy atom. The van der Waals surface area contributed by atoms with Crippen LogP contribution < -0.4 is 11.1 Å². The molecule has 2 heterocycles. The van der Waals surface area contributed by atoms with Gasteiger partial charge in [-0.05, 0) is 48.0 Å². The molecule has 0 unspecified atom stereocenters. The lowest BCUT2D eigenvalue weighted by atomic mass is 10.0. The molecule has 4 N–H and O–H groups in total. The van der Waals surface area contributed by atoms with E-state index in [0.29, 0.717) is 23.5 Å². The van der Waals surface area contributed by atoms with Gasteiger partial charge in [-0.15, -0.1) is 0 Å². The maximum atomic E-state index is 8.48. The minimum absolute atomic E-state index is 0.364. The maximum absolute atomic E-state index is 8.48. The molecule has 0 aliphatic rings. The van der Waals surface area contributed by atoms with Gasteiger partial charge in [-0.1, -0.05) is 12.1 Å². The SMILES string of the molecule is N=C(c1ccncc1)c1cc(Nc2cccc(Cn3cncn3)c2)ccc1N. The van der Waals surface area contributed by atoms with Crippen molar-refractivity contribution in [3.05, 3.63) is 96.3 Å². The van der Waals surface area contributed by atoms with E-state index in [1.165, 1.54) is 6.33 Å². The fraction of sp³-hybridized carbons (Fsp3) is 0.0476. The van der Waals surface area contributed by atoms with Gasteiger partial charge in [0.1, 0.15) is 12.7 Å². The summed E-state index contributed by atoms with van der Waals surface area (Å²) in [6.45, 7) is 0.648. The van der Waals surface area contributed by atoms with Gasteiger partial charge in [0.05, 0.1) is 12.3 Å². The summed E-state index contributed by atoms with van der Waals surface area (Å²) in [6.07, 6.45) is 6.55. The van der Waals surface area contributed by atoms with E-state index in [9.17, 15) is 0 Å². The molecule has 0 saturated carbocycles. The lowest BCUT2D eigenvalue weighted by Gasteiger charge is -2.13. The van der Waals surface area contributed by atoms with Crippen molar-refractivity contribution >= 4 is 22.8 Å². The van der Waals surface area contributed by atoms with Crippen molar-refractivity contribution in [2.75, 3.05) is 11.1 Å². The first-order valence-corrected chi connectivity index (χ1v) is 8.76. The third kappa shape index (κ3) is 3.88. The summed E-state index contributed by atoms with van der Waals surface area (Å²) in [5.41, 5.74) is 11.4. The number of rotatable bonds is 6. The monoisotopic (exact) mass is 369 g/mol. The number of hydrogen-bond donors (Lipinski definition) is 3. The highest BCUT2D eigenvalue weighted by Gasteiger charge is 2.10. The third-order valence-corrected chi connectivity index (χ3v) is 4.32. The first-order valence-electron chi connectivity index (χ1n) is 8.76. The average molecular weight is 369 g/mol. The van der Waals surface area contributed by atoms with Gasteiger partial charge in [0.2, 0.25) is 0 Å². The predicted molar refractivity (Wildman–Crippen MR) is 110 cm³/mol. The van der Waals surface area contributed by atoms with Crippen LogP contribution in [0.25, 0.3) is 0 Å². The quantitative estimate of drug-likeness (QED) is 0.356. The van der Waals surface area contributed by atoms with Crippen LogP contribution in [0.5, 0.6) is 0 Å². The molecule has 0 amide bonds. The number of nitrogen functional groups attached to an aromatic ring is 1. The zero-order valence-corrected chi connectivity index (χ0v) is 15.1. The van der Waals surface area contributed by atoms with Gasteiger partial charge in [-0.25, -0.2) is 9.67 Å². The molecule has 2 aromatic carbocycles. The van der Waals surface area contributed by atoms with E-state index in [1.807, 2.05) is 36.4 Å². The van der Waals surface area contributed by atoms with E-state index >= 15 is 0 Å². The van der Waals surface area contributed by atoms with Crippen LogP contribution in [0.4, 0.5) is 17.1 Å². The van der Waals surface area contributed by atoms with Gasteiger partial charge in [-0.3, -0.25) is 10.4 Å². The molecule has 7 heteroatoms. The number of anilines is 3. The second-order valence-corrected chi connectivity index (χ2v) is 6.33. The van der Waals surface area contributed by atoms with Crippen LogP contribution in [0.2, 0.25) is 0 Å². The van der Waals surface area contributed by atoms with Crippen molar-refractivity contribution < 1.29 is 0 Å². The molecule has 0 radical (unpaired) electrons. The molecule has 7 nitrogen and oxygen atoms in total. The highest BCUT2D eigenvalue weighted by atomic mass is 15.3. The largest absolute Gasteiger partial charge is 0.398 e. The van der Waals surface area contributed by atoms with Gasteiger partial charge in [-0.2, -0.15) is 5.10 Å². The number of nitrogens with two attached hydrogens (primary N) is 1. The van der Waals surface area contributed by atoms with Gasteiger partial charge in [0, 0.05) is 40.6 Å². The van der Waals surface area contributed by atoms with Crippen molar-refractivity contribution in [3.63, 3.8) is 0 Å². The molecule has 28 heavy (non-hydrogen) atoms. The van der Waals surface area contributed by atoms with Crippen molar-refractivity contribution in [2.45, 2.75) is 6.54 Å². The van der Waals surface area contributed by atoms with Crippen LogP contribution in [-0.4, -0.2) is 25.5 Å². The Morgan fingerprint density at radius 2 is 1.82 bits per heavy atom. The number of hydrogen-bond acceptors (Lipinski definition) is 6. The highest BCUT2D eigenvalue weighted by molar-refractivity contribution is 6.14. The number of nitrogens with one attached hydrogen (secondary N) is 2. The molecule has 0 saturated heterocycles. The summed E-state index contributed by atoms with van der Waals surface area (Å²) in [5, 5.41) is 16.0. The molecule has 0 aliphatic heterocycles. The zero-order chi connectivity index (χ0) is 19.3. The number of pyridine rings is 1. The Balaban J connectivity index is 1.56. The number of benzene rings is 2. The lowest BCUT2D eigenvalue weighted by Crippen LogP contribution is -2.06. The van der Waals surface area contributed by atoms with Crippen LogP contribution in [-0.2, 0) is 6.54 Å². The fourth-order valence-corrected chi connectivity index (χ4v) is 2.94. The Hall–Kier alpha value is -4.00. The predicted octanol–water partition coefficient (Wildman–Crippen LogP) is 3.46. The van der Waals surface area contributed by atoms with Gasteiger partial charge < -0.3 is 11.1 Å². The first kappa shape index (κ1) is 17.4. The Bertz CT molecular complexity index is 1090.